The minimum atomic E-state index is -0.312. The second kappa shape index (κ2) is 9.84. The smallest absolute Gasteiger partial charge is 0.276 e. The van der Waals surface area contributed by atoms with Crippen LogP contribution in [0, 0.1) is 20.8 Å². The number of rotatable bonds is 5. The number of aryl methyl sites for hydroxylation is 3. The van der Waals surface area contributed by atoms with Crippen molar-refractivity contribution >= 4 is 29.9 Å². The van der Waals surface area contributed by atoms with Crippen LogP contribution in [0.25, 0.3) is 0 Å². The fraction of sp³-hybridized carbons (Fsp3) is 0.500. The summed E-state index contributed by atoms with van der Waals surface area (Å²) in [7, 11) is 1.60. The Labute approximate surface area is 177 Å². The maximum atomic E-state index is 12.6. The number of halogens is 1. The fourth-order valence-electron chi connectivity index (χ4n) is 3.66. The van der Waals surface area contributed by atoms with Crippen molar-refractivity contribution in [2.45, 2.75) is 39.7 Å². The van der Waals surface area contributed by atoms with Gasteiger partial charge in [0.15, 0.2) is 5.69 Å². The Hall–Kier alpha value is -2.45. The number of hydrogen-bond donors (Lipinski definition) is 2. The Morgan fingerprint density at radius 1 is 1.21 bits per heavy atom. The summed E-state index contributed by atoms with van der Waals surface area (Å²) in [6, 6.07) is 4.31. The van der Waals surface area contributed by atoms with Gasteiger partial charge in [-0.3, -0.25) is 9.59 Å². The van der Waals surface area contributed by atoms with Crippen LogP contribution < -0.4 is 10.6 Å². The first-order chi connectivity index (χ1) is 13.3. The predicted molar refractivity (Wildman–Crippen MR) is 115 cm³/mol. The lowest BCUT2D eigenvalue weighted by molar-refractivity contribution is -0.116. The molecule has 3 rings (SSSR count). The quantitative estimate of drug-likeness (QED) is 0.774. The summed E-state index contributed by atoms with van der Waals surface area (Å²) in [6.07, 6.45) is 3.61. The molecule has 0 bridgehead atoms. The molecule has 1 aliphatic heterocycles. The molecule has 0 unspecified atom stereocenters. The molecule has 8 nitrogen and oxygen atoms in total. The second-order valence-electron chi connectivity index (χ2n) is 7.55. The van der Waals surface area contributed by atoms with Crippen molar-refractivity contribution in [1.82, 2.24) is 25.2 Å². The van der Waals surface area contributed by atoms with Gasteiger partial charge in [-0.2, -0.15) is 0 Å². The zero-order valence-electron chi connectivity index (χ0n) is 17.4. The van der Waals surface area contributed by atoms with Crippen molar-refractivity contribution in [3.8, 4) is 0 Å². The Morgan fingerprint density at radius 3 is 2.45 bits per heavy atom. The number of anilines is 1. The average molecular weight is 421 g/mol. The summed E-state index contributed by atoms with van der Waals surface area (Å²) < 4.78 is 1.76. The maximum Gasteiger partial charge on any atom is 0.276 e. The van der Waals surface area contributed by atoms with E-state index in [1.165, 1.54) is 4.90 Å². The van der Waals surface area contributed by atoms with Crippen molar-refractivity contribution in [2.24, 2.45) is 0 Å². The van der Waals surface area contributed by atoms with Crippen LogP contribution in [0.15, 0.2) is 18.3 Å². The number of likely N-dealkylation sites (N-methyl/N-ethyl adjacent to an activating group) is 1. The molecular weight excluding hydrogens is 392 g/mol. The molecule has 9 heteroatoms. The molecule has 2 heterocycles. The van der Waals surface area contributed by atoms with E-state index in [2.05, 4.69) is 20.9 Å². The molecule has 0 spiro atoms. The van der Waals surface area contributed by atoms with E-state index >= 15 is 0 Å². The summed E-state index contributed by atoms with van der Waals surface area (Å²) in [5, 5.41) is 14.3. The summed E-state index contributed by atoms with van der Waals surface area (Å²) in [5.41, 5.74) is 4.22. The summed E-state index contributed by atoms with van der Waals surface area (Å²) in [6.45, 7) is 7.77. The molecule has 1 aromatic carbocycles. The standard InChI is InChI=1S/C20H28N6O2.ClH/c1-13-9-14(2)19(15(3)10-13)22-18(27)12-25(4)20(28)17-11-26(24-23-17)16-5-7-21-8-6-16;/h9-11,16,21H,5-8,12H2,1-4H3,(H,22,27);1H. The lowest BCUT2D eigenvalue weighted by Gasteiger charge is -2.22. The van der Waals surface area contributed by atoms with Crippen LogP contribution in [0.2, 0.25) is 0 Å². The number of benzene rings is 1. The van der Waals surface area contributed by atoms with Gasteiger partial charge < -0.3 is 15.5 Å². The third-order valence-electron chi connectivity index (χ3n) is 5.08. The molecule has 1 fully saturated rings. The molecule has 29 heavy (non-hydrogen) atoms. The highest BCUT2D eigenvalue weighted by molar-refractivity contribution is 5.98. The van der Waals surface area contributed by atoms with E-state index in [-0.39, 0.29) is 42.5 Å². The number of hydrogen-bond acceptors (Lipinski definition) is 5. The van der Waals surface area contributed by atoms with E-state index in [0.717, 1.165) is 48.3 Å². The van der Waals surface area contributed by atoms with E-state index in [9.17, 15) is 9.59 Å². The van der Waals surface area contributed by atoms with Gasteiger partial charge in [0.05, 0.1) is 18.8 Å². The van der Waals surface area contributed by atoms with E-state index in [1.54, 1.807) is 17.9 Å². The lowest BCUT2D eigenvalue weighted by atomic mass is 10.1. The zero-order valence-corrected chi connectivity index (χ0v) is 18.2. The van der Waals surface area contributed by atoms with Crippen LogP contribution >= 0.6 is 12.4 Å². The monoisotopic (exact) mass is 420 g/mol. The van der Waals surface area contributed by atoms with E-state index in [0.29, 0.717) is 0 Å². The van der Waals surface area contributed by atoms with Gasteiger partial charge in [-0.25, -0.2) is 4.68 Å². The molecule has 158 valence electrons. The zero-order chi connectivity index (χ0) is 20.3. The molecule has 2 N–H and O–H groups in total. The first-order valence-electron chi connectivity index (χ1n) is 9.61. The molecule has 2 aromatic rings. The summed E-state index contributed by atoms with van der Waals surface area (Å²) >= 11 is 0. The molecule has 0 saturated carbocycles. The van der Waals surface area contributed by atoms with Crippen LogP contribution in [0.4, 0.5) is 5.69 Å². The number of piperidine rings is 1. The van der Waals surface area contributed by atoms with Gasteiger partial charge in [0.1, 0.15) is 0 Å². The third-order valence-corrected chi connectivity index (χ3v) is 5.08. The van der Waals surface area contributed by atoms with Crippen LogP contribution in [-0.4, -0.2) is 58.4 Å². The van der Waals surface area contributed by atoms with Gasteiger partial charge in [-0.1, -0.05) is 22.9 Å². The molecule has 0 radical (unpaired) electrons. The lowest BCUT2D eigenvalue weighted by Crippen LogP contribution is -2.35. The Bertz CT molecular complexity index is 853. The first kappa shape index (κ1) is 22.8. The highest BCUT2D eigenvalue weighted by Crippen LogP contribution is 2.22. The summed E-state index contributed by atoms with van der Waals surface area (Å²) in [5.74, 6) is -0.552. The highest BCUT2D eigenvalue weighted by atomic mass is 35.5. The topological polar surface area (TPSA) is 92.2 Å². The number of carbonyl (C=O) groups excluding carboxylic acids is 2. The molecule has 1 saturated heterocycles. The van der Waals surface area contributed by atoms with Crippen LogP contribution in [0.3, 0.4) is 0 Å². The largest absolute Gasteiger partial charge is 0.331 e. The van der Waals surface area contributed by atoms with Crippen molar-refractivity contribution in [3.05, 3.63) is 40.7 Å². The third kappa shape index (κ3) is 5.55. The molecule has 2 amide bonds. The minimum Gasteiger partial charge on any atom is -0.331 e. The summed E-state index contributed by atoms with van der Waals surface area (Å²) in [4.78, 5) is 26.4. The van der Waals surface area contributed by atoms with Gasteiger partial charge in [0, 0.05) is 12.7 Å². The highest BCUT2D eigenvalue weighted by Gasteiger charge is 2.22. The normalized spacial score (nSPS) is 14.2. The molecule has 0 atom stereocenters. The number of nitrogens with one attached hydrogen (secondary N) is 2. The second-order valence-corrected chi connectivity index (χ2v) is 7.55. The van der Waals surface area contributed by atoms with Crippen LogP contribution in [-0.2, 0) is 4.79 Å². The molecule has 1 aliphatic rings. The van der Waals surface area contributed by atoms with Gasteiger partial charge in [-0.15, -0.1) is 17.5 Å². The average Bonchev–Trinajstić information content (AvgIpc) is 3.15. The minimum absolute atomic E-state index is 0. The molecule has 0 aliphatic carbocycles. The predicted octanol–water partition coefficient (Wildman–Crippen LogP) is 2.26. The van der Waals surface area contributed by atoms with Gasteiger partial charge in [0.25, 0.3) is 5.91 Å². The fourth-order valence-corrected chi connectivity index (χ4v) is 3.66. The van der Waals surface area contributed by atoms with Crippen molar-refractivity contribution in [3.63, 3.8) is 0 Å². The van der Waals surface area contributed by atoms with Crippen LogP contribution in [0.5, 0.6) is 0 Å². The Balaban J connectivity index is 0.00000300. The van der Waals surface area contributed by atoms with E-state index in [4.69, 9.17) is 0 Å². The number of nitrogens with zero attached hydrogens (tertiary/aromatic N) is 4. The van der Waals surface area contributed by atoms with Crippen LogP contribution in [0.1, 0.15) is 46.1 Å². The SMILES string of the molecule is Cc1cc(C)c(NC(=O)CN(C)C(=O)c2cn(C3CCNCC3)nn2)c(C)c1.Cl. The van der Waals surface area contributed by atoms with E-state index < -0.39 is 0 Å². The van der Waals surface area contributed by atoms with E-state index in [1.807, 2.05) is 32.9 Å². The van der Waals surface area contributed by atoms with Crippen molar-refractivity contribution in [1.29, 1.82) is 0 Å². The van der Waals surface area contributed by atoms with Crippen molar-refractivity contribution < 1.29 is 9.59 Å². The number of carbonyl (C=O) groups is 2. The van der Waals surface area contributed by atoms with Gasteiger partial charge in [0.2, 0.25) is 5.91 Å². The van der Waals surface area contributed by atoms with Gasteiger partial charge >= 0.3 is 0 Å². The van der Waals surface area contributed by atoms with Gasteiger partial charge in [-0.05, 0) is 57.8 Å². The van der Waals surface area contributed by atoms with Crippen molar-refractivity contribution in [2.75, 3.05) is 32.0 Å². The maximum absolute atomic E-state index is 12.6. The molecule has 1 aromatic heterocycles. The molecular formula is C20H29ClN6O2. The Kier molecular flexibility index (Phi) is 7.75. The Morgan fingerprint density at radius 2 is 1.83 bits per heavy atom. The first-order valence-corrected chi connectivity index (χ1v) is 9.61. The number of aromatic nitrogens is 3. The number of amides is 2.